The Bertz CT molecular complexity index is 464. The lowest BCUT2D eigenvalue weighted by atomic mass is 9.83. The molecule has 0 amide bonds. The molecule has 0 saturated carbocycles. The van der Waals surface area contributed by atoms with Crippen molar-refractivity contribution in [1.82, 2.24) is 9.78 Å². The molecule has 1 aromatic rings. The van der Waals surface area contributed by atoms with Crippen molar-refractivity contribution in [2.24, 2.45) is 0 Å². The predicted molar refractivity (Wildman–Crippen MR) is 69.9 cm³/mol. The van der Waals surface area contributed by atoms with Crippen molar-refractivity contribution < 1.29 is 22.9 Å². The summed E-state index contributed by atoms with van der Waals surface area (Å²) in [7, 11) is 1.33. The first kappa shape index (κ1) is 17.0. The van der Waals surface area contributed by atoms with Gasteiger partial charge in [0.1, 0.15) is 6.54 Å². The number of aromatic nitrogens is 2. The molecule has 0 unspecified atom stereocenters. The minimum Gasteiger partial charge on any atom is -0.426 e. The van der Waals surface area contributed by atoms with Crippen molar-refractivity contribution >= 4 is 12.9 Å². The lowest BCUT2D eigenvalue weighted by molar-refractivity contribution is -0.142. The van der Waals surface area contributed by atoms with Crippen LogP contribution in [-0.2, 0) is 11.2 Å². The largest absolute Gasteiger partial charge is 0.426 e. The number of halogens is 3. The summed E-state index contributed by atoms with van der Waals surface area (Å²) in [4.78, 5) is 0. The second kappa shape index (κ2) is 5.40. The highest BCUT2D eigenvalue weighted by Gasteiger charge is 2.36. The highest BCUT2D eigenvalue weighted by Crippen LogP contribution is 2.24. The summed E-state index contributed by atoms with van der Waals surface area (Å²) >= 11 is 0. The summed E-state index contributed by atoms with van der Waals surface area (Å²) in [6.07, 6.45) is -3.05. The minimum absolute atomic E-state index is 0.431. The monoisotopic (exact) mass is 291 g/mol. The molecule has 0 fully saturated rings. The average Bonchev–Trinajstić information content (AvgIpc) is 2.51. The van der Waals surface area contributed by atoms with Crippen molar-refractivity contribution in [3.63, 3.8) is 0 Å². The van der Waals surface area contributed by atoms with Crippen molar-refractivity contribution in [3.8, 4) is 0 Å². The zero-order valence-corrected chi connectivity index (χ0v) is 12.2. The fourth-order valence-electron chi connectivity index (χ4n) is 1.27. The molecule has 1 N–H and O–H groups in total. The predicted octanol–water partition coefficient (Wildman–Crippen LogP) is 1.56. The van der Waals surface area contributed by atoms with Crippen LogP contribution in [0.1, 0.15) is 33.4 Å². The van der Waals surface area contributed by atoms with Gasteiger partial charge in [-0.05, 0) is 40.1 Å². The molecule has 1 heterocycles. The van der Waals surface area contributed by atoms with E-state index in [1.807, 2.05) is 0 Å². The number of nitrogens with zero attached hydrogens (tertiary/aromatic N) is 2. The Morgan fingerprint density at radius 3 is 2.30 bits per heavy atom. The number of aryl methyl sites for hydroxylation is 1. The normalized spacial score (nSPS) is 13.7. The van der Waals surface area contributed by atoms with Crippen LogP contribution < -0.4 is 5.46 Å². The number of hydrogen-bond acceptors (Lipinski definition) is 3. The number of alkyl halides is 3. The minimum atomic E-state index is -4.32. The van der Waals surface area contributed by atoms with E-state index in [4.69, 9.17) is 4.65 Å². The van der Waals surface area contributed by atoms with Gasteiger partial charge in [0, 0.05) is 6.20 Å². The van der Waals surface area contributed by atoms with E-state index in [2.05, 4.69) is 5.10 Å². The van der Waals surface area contributed by atoms with Crippen LogP contribution in [0.3, 0.4) is 0 Å². The Kier molecular flexibility index (Phi) is 4.60. The van der Waals surface area contributed by atoms with E-state index in [-0.39, 0.29) is 0 Å². The highest BCUT2D eigenvalue weighted by molar-refractivity contribution is 6.47. The van der Waals surface area contributed by atoms with Crippen LogP contribution in [-0.4, -0.2) is 39.7 Å². The van der Waals surface area contributed by atoms with Gasteiger partial charge in [-0.2, -0.15) is 18.3 Å². The molecule has 1 aromatic heterocycles. The van der Waals surface area contributed by atoms with E-state index < -0.39 is 23.9 Å². The van der Waals surface area contributed by atoms with Gasteiger partial charge in [0.15, 0.2) is 0 Å². The number of rotatable bonds is 5. The first-order valence-electron chi connectivity index (χ1n) is 6.16. The van der Waals surface area contributed by atoms with Gasteiger partial charge in [-0.1, -0.05) is 0 Å². The molecule has 1 rings (SSSR count). The molecule has 20 heavy (non-hydrogen) atoms. The zero-order chi connectivity index (χ0) is 15.8. The molecule has 0 aliphatic heterocycles. The summed E-state index contributed by atoms with van der Waals surface area (Å²) < 4.78 is 43.2. The second-order valence-electron chi connectivity index (χ2n) is 5.79. The molecule has 1 radical (unpaired) electrons. The Morgan fingerprint density at radius 2 is 1.85 bits per heavy atom. The fourth-order valence-corrected chi connectivity index (χ4v) is 1.27. The standard InChI is InChI=1S/C12H19BF3N2O2/c1-8-9(6-18(17-8)7-12(14,15)16)13-20-11(4,5)10(2,3)19/h6,19H,7H2,1-5H3. The summed E-state index contributed by atoms with van der Waals surface area (Å²) in [6, 6.07) is 0. The van der Waals surface area contributed by atoms with Crippen LogP contribution in [0, 0.1) is 6.92 Å². The van der Waals surface area contributed by atoms with Crippen molar-refractivity contribution in [3.05, 3.63) is 11.9 Å². The van der Waals surface area contributed by atoms with Gasteiger partial charge >= 0.3 is 13.7 Å². The maximum absolute atomic E-state index is 12.3. The van der Waals surface area contributed by atoms with E-state index in [0.717, 1.165) is 4.68 Å². The third-order valence-corrected chi connectivity index (χ3v) is 3.28. The van der Waals surface area contributed by atoms with Gasteiger partial charge in [0.2, 0.25) is 0 Å². The van der Waals surface area contributed by atoms with Gasteiger partial charge in [-0.15, -0.1) is 0 Å². The first-order valence-corrected chi connectivity index (χ1v) is 6.16. The summed E-state index contributed by atoms with van der Waals surface area (Å²) in [5.41, 5.74) is -1.10. The molecule has 0 atom stereocenters. The number of aliphatic hydroxyl groups is 1. The quantitative estimate of drug-likeness (QED) is 0.838. The molecule has 0 bridgehead atoms. The van der Waals surface area contributed by atoms with E-state index in [1.165, 1.54) is 13.7 Å². The smallest absolute Gasteiger partial charge is 0.408 e. The molecule has 0 aromatic carbocycles. The van der Waals surface area contributed by atoms with Crippen molar-refractivity contribution in [1.29, 1.82) is 0 Å². The molecule has 4 nitrogen and oxygen atoms in total. The van der Waals surface area contributed by atoms with Gasteiger partial charge in [0.05, 0.1) is 16.9 Å². The van der Waals surface area contributed by atoms with Crippen LogP contribution >= 0.6 is 0 Å². The zero-order valence-electron chi connectivity index (χ0n) is 12.2. The number of hydrogen-bond donors (Lipinski definition) is 1. The Labute approximate surface area is 117 Å². The SMILES string of the molecule is Cc1nn(CC(F)(F)F)cc1[B]OC(C)(C)C(C)(C)O. The Morgan fingerprint density at radius 1 is 1.30 bits per heavy atom. The fraction of sp³-hybridized carbons (Fsp3) is 0.750. The molecule has 0 spiro atoms. The Hall–Kier alpha value is -1.02. The summed E-state index contributed by atoms with van der Waals surface area (Å²) in [6.45, 7) is 7.04. The molecule has 0 aliphatic rings. The van der Waals surface area contributed by atoms with Crippen molar-refractivity contribution in [2.75, 3.05) is 0 Å². The van der Waals surface area contributed by atoms with Crippen LogP contribution in [0.2, 0.25) is 0 Å². The average molecular weight is 291 g/mol. The lowest BCUT2D eigenvalue weighted by Crippen LogP contribution is -2.49. The highest BCUT2D eigenvalue weighted by atomic mass is 19.4. The maximum Gasteiger partial charge on any atom is 0.408 e. The van der Waals surface area contributed by atoms with Crippen LogP contribution in [0.25, 0.3) is 0 Å². The van der Waals surface area contributed by atoms with E-state index >= 15 is 0 Å². The van der Waals surface area contributed by atoms with E-state index in [0.29, 0.717) is 11.2 Å². The van der Waals surface area contributed by atoms with Gasteiger partial charge in [-0.25, -0.2) is 0 Å². The third-order valence-electron chi connectivity index (χ3n) is 3.28. The van der Waals surface area contributed by atoms with Crippen molar-refractivity contribution in [2.45, 2.75) is 58.5 Å². The summed E-state index contributed by atoms with van der Waals surface area (Å²) in [5, 5.41) is 13.7. The van der Waals surface area contributed by atoms with Crippen LogP contribution in [0.15, 0.2) is 6.20 Å². The lowest BCUT2D eigenvalue weighted by Gasteiger charge is -2.37. The van der Waals surface area contributed by atoms with Gasteiger partial charge in [-0.3, -0.25) is 4.68 Å². The van der Waals surface area contributed by atoms with E-state index in [1.54, 1.807) is 34.6 Å². The van der Waals surface area contributed by atoms with Crippen LogP contribution in [0.5, 0.6) is 0 Å². The van der Waals surface area contributed by atoms with Gasteiger partial charge < -0.3 is 9.76 Å². The first-order chi connectivity index (χ1) is 8.82. The summed E-state index contributed by atoms with van der Waals surface area (Å²) in [5.74, 6) is 0. The van der Waals surface area contributed by atoms with Crippen LogP contribution in [0.4, 0.5) is 13.2 Å². The second-order valence-corrected chi connectivity index (χ2v) is 5.79. The molecule has 113 valence electrons. The molecule has 8 heteroatoms. The molecular weight excluding hydrogens is 272 g/mol. The maximum atomic E-state index is 12.3. The van der Waals surface area contributed by atoms with E-state index in [9.17, 15) is 18.3 Å². The molecular formula is C12H19BF3N2O2. The Balaban J connectivity index is 2.75. The third kappa shape index (κ3) is 4.52. The molecule has 0 aliphatic carbocycles. The molecule has 0 saturated heterocycles. The van der Waals surface area contributed by atoms with Gasteiger partial charge in [0.25, 0.3) is 0 Å². The topological polar surface area (TPSA) is 47.3 Å².